The summed E-state index contributed by atoms with van der Waals surface area (Å²) in [6.07, 6.45) is -5.78. The van der Waals surface area contributed by atoms with Crippen molar-refractivity contribution in [2.45, 2.75) is 62.9 Å². The number of ether oxygens (including phenoxy) is 1. The smallest absolute Gasteiger partial charge is 0.269 e. The third-order valence-electron chi connectivity index (χ3n) is 6.79. The number of benzene rings is 1. The Hall–Kier alpha value is -3.80. The predicted octanol–water partition coefficient (Wildman–Crippen LogP) is -0.671. The number of hydrogen-bond donors (Lipinski definition) is 5. The number of anilines is 1. The maximum Gasteiger partial charge on any atom is 0.269 e. The van der Waals surface area contributed by atoms with Gasteiger partial charge in [-0.25, -0.2) is 4.98 Å². The van der Waals surface area contributed by atoms with Crippen molar-refractivity contribution in [1.29, 1.82) is 0 Å². The van der Waals surface area contributed by atoms with Crippen LogP contribution in [0.5, 0.6) is 0 Å². The molecule has 0 amide bonds. The van der Waals surface area contributed by atoms with Gasteiger partial charge >= 0.3 is 0 Å². The number of hydrogen-bond acceptors (Lipinski definition) is 15. The Morgan fingerprint density at radius 2 is 1.55 bits per heavy atom. The Labute approximate surface area is 229 Å². The van der Waals surface area contributed by atoms with E-state index in [0.717, 1.165) is 32.2 Å². The normalized spacial score (nSPS) is 28.8. The second kappa shape index (κ2) is 10.6. The van der Waals surface area contributed by atoms with Crippen LogP contribution in [0.25, 0.3) is 0 Å². The van der Waals surface area contributed by atoms with Crippen molar-refractivity contribution in [3.63, 3.8) is 0 Å². The molecule has 2 heterocycles. The molecule has 0 radical (unpaired) electrons. The lowest BCUT2D eigenvalue weighted by atomic mass is 9.59. The maximum atomic E-state index is 12.8. The molecular formula is C24H25N3O12S. The molecule has 0 spiro atoms. The van der Waals surface area contributed by atoms with Gasteiger partial charge in [-0.15, -0.1) is 0 Å². The topological polar surface area (TPSA) is 244 Å². The molecular weight excluding hydrogens is 554 g/mol. The summed E-state index contributed by atoms with van der Waals surface area (Å²) in [6, 6.07) is 4.68. The highest BCUT2D eigenvalue weighted by molar-refractivity contribution is 7.17. The van der Waals surface area contributed by atoms with Gasteiger partial charge in [0.25, 0.3) is 5.69 Å². The molecule has 0 bridgehead atoms. The highest BCUT2D eigenvalue weighted by atomic mass is 32.1. The summed E-state index contributed by atoms with van der Waals surface area (Å²) in [5.41, 5.74) is -10.7. The van der Waals surface area contributed by atoms with E-state index in [-0.39, 0.29) is 21.3 Å². The predicted molar refractivity (Wildman–Crippen MR) is 135 cm³/mol. The van der Waals surface area contributed by atoms with E-state index in [1.165, 1.54) is 12.1 Å². The lowest BCUT2D eigenvalue weighted by Crippen LogP contribution is -2.88. The first-order valence-corrected chi connectivity index (χ1v) is 12.3. The van der Waals surface area contributed by atoms with Gasteiger partial charge in [0.05, 0.1) is 16.0 Å². The molecule has 3 rings (SSSR count). The summed E-state index contributed by atoms with van der Waals surface area (Å²) >= 11 is 0.650. The van der Waals surface area contributed by atoms with E-state index in [1.807, 2.05) is 0 Å². The fourth-order valence-electron chi connectivity index (χ4n) is 4.55. The largest absolute Gasteiger partial charge is 0.382 e. The first-order chi connectivity index (χ1) is 18.4. The van der Waals surface area contributed by atoms with Crippen LogP contribution < -0.4 is 5.32 Å². The Kier molecular flexibility index (Phi) is 8.18. The Balaban J connectivity index is 2.09. The van der Waals surface area contributed by atoms with E-state index < -0.39 is 69.1 Å². The number of aliphatic hydroxyl groups is 4. The van der Waals surface area contributed by atoms with Gasteiger partial charge < -0.3 is 30.5 Å². The molecule has 1 aromatic carbocycles. The van der Waals surface area contributed by atoms with E-state index >= 15 is 0 Å². The molecule has 1 fully saturated rings. The zero-order valence-corrected chi connectivity index (χ0v) is 22.3. The number of carbonyl (C=O) groups is 5. The number of thiazole rings is 1. The van der Waals surface area contributed by atoms with Crippen LogP contribution in [0.3, 0.4) is 0 Å². The number of nitro groups is 1. The van der Waals surface area contributed by atoms with Gasteiger partial charge in [0.2, 0.25) is 17.0 Å². The lowest BCUT2D eigenvalue weighted by Gasteiger charge is -2.58. The molecule has 6 atom stereocenters. The van der Waals surface area contributed by atoms with Crippen molar-refractivity contribution in [3.8, 4) is 0 Å². The van der Waals surface area contributed by atoms with E-state index in [9.17, 15) is 54.5 Å². The molecule has 15 nitrogen and oxygen atoms in total. The Bertz CT molecular complexity index is 1410. The molecule has 1 aliphatic rings. The van der Waals surface area contributed by atoms with Crippen LogP contribution in [-0.4, -0.2) is 94.5 Å². The number of Topliss-reactive ketones (excluding diaryl/α,β-unsaturated/α-hetero) is 4. The van der Waals surface area contributed by atoms with E-state index in [1.54, 1.807) is 0 Å². The third-order valence-corrected chi connectivity index (χ3v) is 7.72. The Morgan fingerprint density at radius 3 is 2.00 bits per heavy atom. The molecule has 5 N–H and O–H groups in total. The highest BCUT2D eigenvalue weighted by Gasteiger charge is 2.79. The molecule has 16 heteroatoms. The highest BCUT2D eigenvalue weighted by Crippen LogP contribution is 2.48. The van der Waals surface area contributed by atoms with Crippen LogP contribution in [0.1, 0.15) is 42.9 Å². The number of aliphatic hydroxyl groups excluding tert-OH is 1. The van der Waals surface area contributed by atoms with Gasteiger partial charge in [-0.2, -0.15) is 0 Å². The van der Waals surface area contributed by atoms with Crippen molar-refractivity contribution in [3.05, 3.63) is 51.0 Å². The van der Waals surface area contributed by atoms with Crippen molar-refractivity contribution >= 4 is 51.1 Å². The molecule has 0 saturated carbocycles. The minimum atomic E-state index is -3.64. The average Bonchev–Trinajstić information content (AvgIpc) is 3.36. The summed E-state index contributed by atoms with van der Waals surface area (Å²) in [4.78, 5) is 77.2. The van der Waals surface area contributed by atoms with Crippen LogP contribution in [0.15, 0.2) is 30.5 Å². The minimum absolute atomic E-state index is 0.0269. The number of nitrogens with zero attached hydrogens (tertiary/aromatic N) is 2. The van der Waals surface area contributed by atoms with Crippen LogP contribution in [0.2, 0.25) is 0 Å². The second-order valence-electron chi connectivity index (χ2n) is 9.21. The summed E-state index contributed by atoms with van der Waals surface area (Å²) < 4.78 is 5.48. The van der Waals surface area contributed by atoms with Gasteiger partial charge in [0.15, 0.2) is 40.1 Å². The minimum Gasteiger partial charge on any atom is -0.382 e. The number of non-ortho nitro benzene ring substituents is 1. The van der Waals surface area contributed by atoms with Crippen LogP contribution >= 0.6 is 11.3 Å². The van der Waals surface area contributed by atoms with Crippen molar-refractivity contribution in [1.82, 2.24) is 4.98 Å². The number of nitrogens with one attached hydrogen (secondary N) is 1. The van der Waals surface area contributed by atoms with Crippen molar-refractivity contribution < 1.29 is 54.1 Å². The molecule has 1 saturated heterocycles. The van der Waals surface area contributed by atoms with Gasteiger partial charge in [0.1, 0.15) is 12.2 Å². The average molecular weight is 580 g/mol. The standard InChI is InChI=1S/C24H25N3O12S/c1-10(28)17(32)19-22(34,11(2)29)24(36,13(4)31)23(35,12(3)30)20(39-19)26-21-25-9-16(40-21)18(33)14-5-7-15(8-6-14)27(37)38/h5-9,17,19-20,32,34-36H,1-4H3,(H,25,26)/t17?,19-,20-,22-,23-,24+/m1/s1. The first-order valence-electron chi connectivity index (χ1n) is 11.5. The SMILES string of the molecule is CC(=O)C(O)[C@H]1O[C@@H](Nc2ncc(C(=O)c3ccc([N+](=O)[O-])cc3)s2)[C@](O)(C(C)=O)[C@](O)(C(C)=O)[C@@]1(O)C(C)=O. The molecule has 40 heavy (non-hydrogen) atoms. The number of rotatable bonds is 10. The quantitative estimate of drug-likeness (QED) is 0.133. The molecule has 1 aliphatic heterocycles. The van der Waals surface area contributed by atoms with Crippen LogP contribution in [-0.2, 0) is 23.9 Å². The molecule has 1 unspecified atom stereocenters. The summed E-state index contributed by atoms with van der Waals surface area (Å²) in [7, 11) is 0. The van der Waals surface area contributed by atoms with Crippen molar-refractivity contribution in [2.75, 3.05) is 5.32 Å². The summed E-state index contributed by atoms with van der Waals surface area (Å²) in [5.74, 6) is -5.88. The van der Waals surface area contributed by atoms with E-state index in [0.29, 0.717) is 25.2 Å². The van der Waals surface area contributed by atoms with Gasteiger partial charge in [-0.05, 0) is 39.8 Å². The number of aromatic nitrogens is 1. The Morgan fingerprint density at radius 1 is 1.00 bits per heavy atom. The van der Waals surface area contributed by atoms with Gasteiger partial charge in [0, 0.05) is 17.7 Å². The maximum absolute atomic E-state index is 12.8. The van der Waals surface area contributed by atoms with E-state index in [2.05, 4.69) is 10.3 Å². The fraction of sp³-hybridized carbons (Fsp3) is 0.417. The lowest BCUT2D eigenvalue weighted by molar-refractivity contribution is -0.384. The number of carbonyl (C=O) groups excluding carboxylic acids is 5. The zero-order valence-electron chi connectivity index (χ0n) is 21.5. The molecule has 0 aliphatic carbocycles. The van der Waals surface area contributed by atoms with Crippen LogP contribution in [0, 0.1) is 10.1 Å². The summed E-state index contributed by atoms with van der Waals surface area (Å²) in [5, 5.41) is 57.9. The van der Waals surface area contributed by atoms with Gasteiger partial charge in [-0.1, -0.05) is 11.3 Å². The number of nitro benzene ring substituents is 1. The van der Waals surface area contributed by atoms with Crippen molar-refractivity contribution in [2.24, 2.45) is 0 Å². The first kappa shape index (κ1) is 30.7. The van der Waals surface area contributed by atoms with Gasteiger partial charge in [-0.3, -0.25) is 34.1 Å². The third kappa shape index (κ3) is 4.53. The molecule has 1 aromatic heterocycles. The zero-order chi connectivity index (χ0) is 30.4. The number of ketones is 5. The molecule has 214 valence electrons. The van der Waals surface area contributed by atoms with Crippen LogP contribution in [0.4, 0.5) is 10.8 Å². The fourth-order valence-corrected chi connectivity index (χ4v) is 5.35. The second-order valence-corrected chi connectivity index (χ2v) is 10.2. The van der Waals surface area contributed by atoms with E-state index in [4.69, 9.17) is 4.74 Å². The summed E-state index contributed by atoms with van der Waals surface area (Å²) in [6.45, 7) is 2.97. The monoisotopic (exact) mass is 579 g/mol. The molecule has 2 aromatic rings.